The molecule has 0 radical (unpaired) electrons. The molecule has 0 saturated carbocycles. The fourth-order valence-corrected chi connectivity index (χ4v) is 2.25. The topological polar surface area (TPSA) is 24.9 Å². The molecule has 2 nitrogen and oxygen atoms in total. The minimum Gasteiger partial charge on any atom is -0.315 e. The Morgan fingerprint density at radius 1 is 1.35 bits per heavy atom. The second-order valence-corrected chi connectivity index (χ2v) is 5.43. The molecule has 0 saturated heterocycles. The number of thiazole rings is 1. The minimum absolute atomic E-state index is 0.106. The molecule has 1 rings (SSSR count). The summed E-state index contributed by atoms with van der Waals surface area (Å²) in [6, 6.07) is 0.398. The summed E-state index contributed by atoms with van der Waals surface area (Å²) >= 11 is 0.743. The van der Waals surface area contributed by atoms with E-state index in [1.54, 1.807) is 0 Å². The lowest BCUT2D eigenvalue weighted by Crippen LogP contribution is -2.24. The molecule has 1 heterocycles. The van der Waals surface area contributed by atoms with E-state index in [-0.39, 0.29) is 5.92 Å². The van der Waals surface area contributed by atoms with Crippen LogP contribution in [-0.4, -0.2) is 17.6 Å². The third-order valence-corrected chi connectivity index (χ3v) is 3.66. The van der Waals surface area contributed by atoms with Crippen molar-refractivity contribution in [2.75, 3.05) is 6.54 Å². The van der Waals surface area contributed by atoms with Gasteiger partial charge in [-0.05, 0) is 18.9 Å². The van der Waals surface area contributed by atoms with E-state index in [1.165, 1.54) is 6.20 Å². The molecule has 0 aliphatic carbocycles. The second kappa shape index (κ2) is 5.82. The standard InChI is InChI=1S/C11H17F3N2S/c1-7(2)15-5-4-8(3)9-6-16-10(17-9)11(12,13)14/h6-8,15H,4-5H2,1-3H3. The molecule has 0 amide bonds. The lowest BCUT2D eigenvalue weighted by atomic mass is 10.1. The molecule has 1 aromatic heterocycles. The van der Waals surface area contributed by atoms with Crippen LogP contribution in [0.15, 0.2) is 6.20 Å². The van der Waals surface area contributed by atoms with Gasteiger partial charge in [0.1, 0.15) is 0 Å². The van der Waals surface area contributed by atoms with Crippen LogP contribution in [0.1, 0.15) is 43.0 Å². The Bertz CT molecular complexity index is 347. The lowest BCUT2D eigenvalue weighted by Gasteiger charge is -2.11. The van der Waals surface area contributed by atoms with Gasteiger partial charge in [0, 0.05) is 17.1 Å². The van der Waals surface area contributed by atoms with Crippen LogP contribution in [0.4, 0.5) is 13.2 Å². The van der Waals surface area contributed by atoms with Gasteiger partial charge in [-0.25, -0.2) is 4.98 Å². The Labute approximate surface area is 103 Å². The molecule has 1 atom stereocenters. The summed E-state index contributed by atoms with van der Waals surface area (Å²) in [4.78, 5) is 4.12. The zero-order valence-electron chi connectivity index (χ0n) is 10.1. The predicted octanol–water partition coefficient (Wildman–Crippen LogP) is 3.65. The largest absolute Gasteiger partial charge is 0.443 e. The maximum Gasteiger partial charge on any atom is 0.443 e. The van der Waals surface area contributed by atoms with Crippen LogP contribution in [0, 0.1) is 0 Å². The van der Waals surface area contributed by atoms with Crippen molar-refractivity contribution in [3.8, 4) is 0 Å². The number of aromatic nitrogens is 1. The highest BCUT2D eigenvalue weighted by molar-refractivity contribution is 7.11. The van der Waals surface area contributed by atoms with Crippen LogP contribution in [0.5, 0.6) is 0 Å². The summed E-state index contributed by atoms with van der Waals surface area (Å²) in [6.07, 6.45) is -2.16. The summed E-state index contributed by atoms with van der Waals surface area (Å²) in [6.45, 7) is 6.81. The zero-order valence-corrected chi connectivity index (χ0v) is 11.0. The van der Waals surface area contributed by atoms with Crippen LogP contribution >= 0.6 is 11.3 Å². The molecular weight excluding hydrogens is 249 g/mol. The lowest BCUT2D eigenvalue weighted by molar-refractivity contribution is -0.137. The highest BCUT2D eigenvalue weighted by atomic mass is 32.1. The summed E-state index contributed by atoms with van der Waals surface area (Å²) in [7, 11) is 0. The molecule has 0 aliphatic heterocycles. The summed E-state index contributed by atoms with van der Waals surface area (Å²) in [5.74, 6) is 0.106. The highest BCUT2D eigenvalue weighted by Gasteiger charge is 2.34. The van der Waals surface area contributed by atoms with Gasteiger partial charge >= 0.3 is 6.18 Å². The van der Waals surface area contributed by atoms with Crippen LogP contribution in [0.3, 0.4) is 0 Å². The third kappa shape index (κ3) is 4.63. The fraction of sp³-hybridized carbons (Fsp3) is 0.727. The van der Waals surface area contributed by atoms with Crippen molar-refractivity contribution in [3.05, 3.63) is 16.1 Å². The van der Waals surface area contributed by atoms with E-state index in [4.69, 9.17) is 0 Å². The van der Waals surface area contributed by atoms with Gasteiger partial charge in [-0.3, -0.25) is 0 Å². The molecule has 0 spiro atoms. The first-order chi connectivity index (χ1) is 7.80. The first-order valence-electron chi connectivity index (χ1n) is 5.57. The quantitative estimate of drug-likeness (QED) is 0.880. The zero-order chi connectivity index (χ0) is 13.1. The Balaban J connectivity index is 2.52. The fourth-order valence-electron chi connectivity index (χ4n) is 1.38. The number of hydrogen-bond acceptors (Lipinski definition) is 3. The van der Waals surface area contributed by atoms with Crippen molar-refractivity contribution in [1.29, 1.82) is 0 Å². The van der Waals surface area contributed by atoms with E-state index < -0.39 is 11.2 Å². The Morgan fingerprint density at radius 2 is 2.00 bits per heavy atom. The molecule has 1 N–H and O–H groups in total. The van der Waals surface area contributed by atoms with Gasteiger partial charge in [0.05, 0.1) is 0 Å². The van der Waals surface area contributed by atoms with E-state index >= 15 is 0 Å². The SMILES string of the molecule is CC(C)NCCC(C)c1cnc(C(F)(F)F)s1. The van der Waals surface area contributed by atoms with Crippen LogP contribution in [-0.2, 0) is 6.18 Å². The maximum atomic E-state index is 12.4. The van der Waals surface area contributed by atoms with E-state index in [0.29, 0.717) is 10.9 Å². The van der Waals surface area contributed by atoms with E-state index in [2.05, 4.69) is 10.3 Å². The first-order valence-corrected chi connectivity index (χ1v) is 6.38. The number of nitrogens with zero attached hydrogens (tertiary/aromatic N) is 1. The molecule has 1 aromatic rings. The molecule has 6 heteroatoms. The monoisotopic (exact) mass is 266 g/mol. The summed E-state index contributed by atoms with van der Waals surface area (Å²) in [5.41, 5.74) is 0. The number of hydrogen-bond donors (Lipinski definition) is 1. The second-order valence-electron chi connectivity index (χ2n) is 4.36. The van der Waals surface area contributed by atoms with Gasteiger partial charge in [-0.1, -0.05) is 20.8 Å². The van der Waals surface area contributed by atoms with Crippen LogP contribution in [0.2, 0.25) is 0 Å². The number of alkyl halides is 3. The molecule has 0 aliphatic rings. The maximum absolute atomic E-state index is 12.4. The van der Waals surface area contributed by atoms with Crippen molar-refractivity contribution in [2.45, 2.75) is 45.3 Å². The predicted molar refractivity (Wildman–Crippen MR) is 63.3 cm³/mol. The van der Waals surface area contributed by atoms with Crippen molar-refractivity contribution in [2.24, 2.45) is 0 Å². The van der Waals surface area contributed by atoms with Gasteiger partial charge in [-0.15, -0.1) is 11.3 Å². The normalized spacial score (nSPS) is 14.3. The molecule has 0 bridgehead atoms. The third-order valence-electron chi connectivity index (χ3n) is 2.38. The minimum atomic E-state index is -4.32. The molecule has 98 valence electrons. The average Bonchev–Trinajstić information content (AvgIpc) is 2.64. The van der Waals surface area contributed by atoms with Gasteiger partial charge < -0.3 is 5.32 Å². The molecular formula is C11H17F3N2S. The number of rotatable bonds is 5. The molecule has 17 heavy (non-hydrogen) atoms. The van der Waals surface area contributed by atoms with Crippen molar-refractivity contribution < 1.29 is 13.2 Å². The first kappa shape index (κ1) is 14.4. The highest BCUT2D eigenvalue weighted by Crippen LogP contribution is 2.35. The van der Waals surface area contributed by atoms with Crippen LogP contribution < -0.4 is 5.32 Å². The van der Waals surface area contributed by atoms with E-state index in [0.717, 1.165) is 24.3 Å². The summed E-state index contributed by atoms with van der Waals surface area (Å²) < 4.78 is 37.1. The molecule has 0 aromatic carbocycles. The van der Waals surface area contributed by atoms with Crippen molar-refractivity contribution in [1.82, 2.24) is 10.3 Å². The van der Waals surface area contributed by atoms with E-state index in [1.807, 2.05) is 20.8 Å². The van der Waals surface area contributed by atoms with Crippen molar-refractivity contribution in [3.63, 3.8) is 0 Å². The van der Waals surface area contributed by atoms with Gasteiger partial charge in [0.2, 0.25) is 0 Å². The Morgan fingerprint density at radius 3 is 2.47 bits per heavy atom. The van der Waals surface area contributed by atoms with Gasteiger partial charge in [0.25, 0.3) is 0 Å². The van der Waals surface area contributed by atoms with Crippen molar-refractivity contribution >= 4 is 11.3 Å². The van der Waals surface area contributed by atoms with Crippen LogP contribution in [0.25, 0.3) is 0 Å². The number of halogens is 3. The average molecular weight is 266 g/mol. The molecule has 0 fully saturated rings. The smallest absolute Gasteiger partial charge is 0.315 e. The Kier molecular flexibility index (Phi) is 4.94. The van der Waals surface area contributed by atoms with Gasteiger partial charge in [0.15, 0.2) is 5.01 Å². The molecule has 1 unspecified atom stereocenters. The number of nitrogens with one attached hydrogen (secondary N) is 1. The summed E-state index contributed by atoms with van der Waals surface area (Å²) in [5, 5.41) is 2.49. The van der Waals surface area contributed by atoms with Gasteiger partial charge in [-0.2, -0.15) is 13.2 Å². The Hall–Kier alpha value is -0.620. The van der Waals surface area contributed by atoms with E-state index in [9.17, 15) is 13.2 Å².